The Balaban J connectivity index is 2.51. The van der Waals surface area contributed by atoms with Gasteiger partial charge in [-0.15, -0.1) is 0 Å². The minimum Gasteiger partial charge on any atom is -0.478 e. The molecule has 0 aliphatic carbocycles. The Hall–Kier alpha value is -1.85. The van der Waals surface area contributed by atoms with Crippen molar-refractivity contribution >= 4 is 11.7 Å². The molecule has 0 aliphatic rings. The van der Waals surface area contributed by atoms with E-state index in [2.05, 4.69) is 15.3 Å². The molecule has 0 spiro atoms. The zero-order valence-electron chi connectivity index (χ0n) is 10.4. The second-order valence-electron chi connectivity index (χ2n) is 3.44. The standard InChI is InChI=1S/C11H18N4O2/c1-4-15(3)11(16)7-12-9-6-10(17-5-2)14-8-13-9/h6,8H,4-5,7H2,1-3H3,(H,12,13,14). The van der Waals surface area contributed by atoms with Gasteiger partial charge in [0.25, 0.3) is 0 Å². The Morgan fingerprint density at radius 2 is 2.24 bits per heavy atom. The number of carbonyl (C=O) groups excluding carboxylic acids is 1. The van der Waals surface area contributed by atoms with Crippen LogP contribution < -0.4 is 10.1 Å². The third-order valence-electron chi connectivity index (χ3n) is 2.26. The van der Waals surface area contributed by atoms with E-state index in [0.29, 0.717) is 24.8 Å². The summed E-state index contributed by atoms with van der Waals surface area (Å²) in [6.07, 6.45) is 1.40. The molecule has 0 atom stereocenters. The Morgan fingerprint density at radius 1 is 1.47 bits per heavy atom. The SMILES string of the molecule is CCOc1cc(NCC(=O)N(C)CC)ncn1. The van der Waals surface area contributed by atoms with E-state index in [4.69, 9.17) is 4.74 Å². The molecule has 0 saturated heterocycles. The molecule has 94 valence electrons. The van der Waals surface area contributed by atoms with E-state index in [9.17, 15) is 4.79 Å². The van der Waals surface area contributed by atoms with E-state index >= 15 is 0 Å². The van der Waals surface area contributed by atoms with Gasteiger partial charge < -0.3 is 15.0 Å². The monoisotopic (exact) mass is 238 g/mol. The van der Waals surface area contributed by atoms with Crippen LogP contribution in [-0.4, -0.2) is 47.5 Å². The Bertz CT molecular complexity index is 370. The zero-order chi connectivity index (χ0) is 12.7. The van der Waals surface area contributed by atoms with Gasteiger partial charge in [0.05, 0.1) is 13.2 Å². The molecule has 1 amide bonds. The largest absolute Gasteiger partial charge is 0.478 e. The van der Waals surface area contributed by atoms with Crippen LogP contribution >= 0.6 is 0 Å². The van der Waals surface area contributed by atoms with E-state index in [-0.39, 0.29) is 12.5 Å². The summed E-state index contributed by atoms with van der Waals surface area (Å²) in [4.78, 5) is 21.1. The average Bonchev–Trinajstić information content (AvgIpc) is 2.36. The first kappa shape index (κ1) is 13.2. The number of ether oxygens (including phenoxy) is 1. The summed E-state index contributed by atoms with van der Waals surface area (Å²) >= 11 is 0. The van der Waals surface area contributed by atoms with Crippen molar-refractivity contribution in [3.63, 3.8) is 0 Å². The van der Waals surface area contributed by atoms with Crippen LogP contribution in [0, 0.1) is 0 Å². The van der Waals surface area contributed by atoms with E-state index in [1.165, 1.54) is 6.33 Å². The van der Waals surface area contributed by atoms with Crippen molar-refractivity contribution in [1.82, 2.24) is 14.9 Å². The minimum absolute atomic E-state index is 0.0177. The molecule has 17 heavy (non-hydrogen) atoms. The highest BCUT2D eigenvalue weighted by Gasteiger charge is 2.06. The van der Waals surface area contributed by atoms with Crippen molar-refractivity contribution in [2.45, 2.75) is 13.8 Å². The summed E-state index contributed by atoms with van der Waals surface area (Å²) in [5, 5.41) is 2.94. The molecule has 1 heterocycles. The highest BCUT2D eigenvalue weighted by atomic mass is 16.5. The Morgan fingerprint density at radius 3 is 2.88 bits per heavy atom. The van der Waals surface area contributed by atoms with E-state index in [1.807, 2.05) is 13.8 Å². The van der Waals surface area contributed by atoms with Crippen molar-refractivity contribution < 1.29 is 9.53 Å². The van der Waals surface area contributed by atoms with Crippen LogP contribution in [0.4, 0.5) is 5.82 Å². The first-order valence-corrected chi connectivity index (χ1v) is 5.60. The minimum atomic E-state index is 0.0177. The predicted molar refractivity (Wildman–Crippen MR) is 65.0 cm³/mol. The van der Waals surface area contributed by atoms with Crippen molar-refractivity contribution in [3.05, 3.63) is 12.4 Å². The number of aromatic nitrogens is 2. The number of amides is 1. The zero-order valence-corrected chi connectivity index (χ0v) is 10.4. The number of hydrogen-bond acceptors (Lipinski definition) is 5. The molecule has 0 aromatic carbocycles. The van der Waals surface area contributed by atoms with Crippen molar-refractivity contribution in [1.29, 1.82) is 0 Å². The first-order chi connectivity index (χ1) is 8.17. The van der Waals surface area contributed by atoms with Crippen LogP contribution in [0.1, 0.15) is 13.8 Å². The fourth-order valence-corrected chi connectivity index (χ4v) is 1.14. The number of hydrogen-bond donors (Lipinski definition) is 1. The van der Waals surface area contributed by atoms with Crippen LogP contribution in [0.3, 0.4) is 0 Å². The summed E-state index contributed by atoms with van der Waals surface area (Å²) in [7, 11) is 1.76. The Labute approximate surface area is 101 Å². The summed E-state index contributed by atoms with van der Waals surface area (Å²) in [5.41, 5.74) is 0. The predicted octanol–water partition coefficient (Wildman–Crippen LogP) is 0.765. The summed E-state index contributed by atoms with van der Waals surface area (Å²) in [6.45, 7) is 5.26. The quantitative estimate of drug-likeness (QED) is 0.792. The number of carbonyl (C=O) groups is 1. The van der Waals surface area contributed by atoms with Gasteiger partial charge in [0.1, 0.15) is 12.1 Å². The van der Waals surface area contributed by atoms with Crippen LogP contribution in [0.25, 0.3) is 0 Å². The van der Waals surface area contributed by atoms with Gasteiger partial charge in [0, 0.05) is 19.7 Å². The van der Waals surface area contributed by atoms with Gasteiger partial charge in [-0.05, 0) is 13.8 Å². The van der Waals surface area contributed by atoms with Crippen molar-refractivity contribution in [3.8, 4) is 5.88 Å². The van der Waals surface area contributed by atoms with E-state index in [1.54, 1.807) is 18.0 Å². The molecule has 6 nitrogen and oxygen atoms in total. The molecule has 0 bridgehead atoms. The van der Waals surface area contributed by atoms with E-state index < -0.39 is 0 Å². The molecule has 0 aliphatic heterocycles. The van der Waals surface area contributed by atoms with Crippen LogP contribution in [-0.2, 0) is 4.79 Å². The van der Waals surface area contributed by atoms with Gasteiger partial charge in [-0.2, -0.15) is 0 Å². The number of rotatable bonds is 6. The highest BCUT2D eigenvalue weighted by molar-refractivity contribution is 5.80. The molecule has 1 aromatic heterocycles. The maximum Gasteiger partial charge on any atom is 0.241 e. The van der Waals surface area contributed by atoms with Crippen molar-refractivity contribution in [2.75, 3.05) is 32.1 Å². The number of anilines is 1. The lowest BCUT2D eigenvalue weighted by molar-refractivity contribution is -0.127. The maximum absolute atomic E-state index is 11.5. The molecular formula is C11H18N4O2. The summed E-state index contributed by atoms with van der Waals surface area (Å²) in [5.74, 6) is 1.10. The van der Waals surface area contributed by atoms with Gasteiger partial charge >= 0.3 is 0 Å². The molecule has 0 unspecified atom stereocenters. The fraction of sp³-hybridized carbons (Fsp3) is 0.545. The molecule has 0 radical (unpaired) electrons. The van der Waals surface area contributed by atoms with Crippen LogP contribution in [0.2, 0.25) is 0 Å². The topological polar surface area (TPSA) is 67.3 Å². The van der Waals surface area contributed by atoms with Gasteiger partial charge in [-0.3, -0.25) is 4.79 Å². The first-order valence-electron chi connectivity index (χ1n) is 5.60. The second-order valence-corrected chi connectivity index (χ2v) is 3.44. The lowest BCUT2D eigenvalue weighted by Gasteiger charge is -2.14. The molecular weight excluding hydrogens is 220 g/mol. The smallest absolute Gasteiger partial charge is 0.241 e. The molecule has 1 aromatic rings. The lowest BCUT2D eigenvalue weighted by atomic mass is 10.4. The van der Waals surface area contributed by atoms with E-state index in [0.717, 1.165) is 0 Å². The van der Waals surface area contributed by atoms with Crippen LogP contribution in [0.15, 0.2) is 12.4 Å². The number of nitrogens with zero attached hydrogens (tertiary/aromatic N) is 3. The molecule has 6 heteroatoms. The fourth-order valence-electron chi connectivity index (χ4n) is 1.14. The molecule has 1 rings (SSSR count). The van der Waals surface area contributed by atoms with Crippen molar-refractivity contribution in [2.24, 2.45) is 0 Å². The van der Waals surface area contributed by atoms with Crippen LogP contribution in [0.5, 0.6) is 5.88 Å². The molecule has 0 saturated carbocycles. The molecule has 1 N–H and O–H groups in total. The lowest BCUT2D eigenvalue weighted by Crippen LogP contribution is -2.32. The van der Waals surface area contributed by atoms with Gasteiger partial charge in [0.15, 0.2) is 0 Å². The maximum atomic E-state index is 11.5. The third-order valence-corrected chi connectivity index (χ3v) is 2.26. The summed E-state index contributed by atoms with van der Waals surface area (Å²) in [6, 6.07) is 1.67. The molecule has 0 fully saturated rings. The third kappa shape index (κ3) is 4.26. The number of likely N-dealkylation sites (N-methyl/N-ethyl adjacent to an activating group) is 1. The Kier molecular flexibility index (Phi) is 5.19. The van der Waals surface area contributed by atoms with Gasteiger partial charge in [-0.1, -0.05) is 0 Å². The number of nitrogens with one attached hydrogen (secondary N) is 1. The normalized spacial score (nSPS) is 9.82. The van der Waals surface area contributed by atoms with Gasteiger partial charge in [-0.25, -0.2) is 9.97 Å². The highest BCUT2D eigenvalue weighted by Crippen LogP contribution is 2.10. The second kappa shape index (κ2) is 6.67. The summed E-state index contributed by atoms with van der Waals surface area (Å²) < 4.78 is 5.24. The average molecular weight is 238 g/mol. The van der Waals surface area contributed by atoms with Gasteiger partial charge in [0.2, 0.25) is 11.8 Å².